The number of benzene rings is 1. The highest BCUT2D eigenvalue weighted by atomic mass is 16.5. The summed E-state index contributed by atoms with van der Waals surface area (Å²) < 4.78 is 11.1. The van der Waals surface area contributed by atoms with E-state index in [1.54, 1.807) is 25.3 Å². The molecule has 5 nitrogen and oxygen atoms in total. The SMILES string of the molecule is CCCCNC(=O)/C(C#N)=C/c1cccc(OC)c1OC(C)C. The van der Waals surface area contributed by atoms with Crippen LogP contribution in [0.15, 0.2) is 23.8 Å². The molecule has 0 spiro atoms. The van der Waals surface area contributed by atoms with Gasteiger partial charge in [0.2, 0.25) is 0 Å². The number of ether oxygens (including phenoxy) is 2. The molecule has 0 aromatic heterocycles. The predicted molar refractivity (Wildman–Crippen MR) is 90.3 cm³/mol. The minimum atomic E-state index is -0.376. The van der Waals surface area contributed by atoms with Crippen molar-refractivity contribution in [3.8, 4) is 17.6 Å². The van der Waals surface area contributed by atoms with Crippen molar-refractivity contribution in [2.75, 3.05) is 13.7 Å². The molecular formula is C18H24N2O3. The van der Waals surface area contributed by atoms with Crippen LogP contribution in [-0.4, -0.2) is 25.7 Å². The van der Waals surface area contributed by atoms with Crippen LogP contribution in [0.25, 0.3) is 6.08 Å². The number of unbranched alkanes of at least 4 members (excludes halogenated alkanes) is 1. The Hall–Kier alpha value is -2.48. The fourth-order valence-corrected chi connectivity index (χ4v) is 1.95. The first kappa shape index (κ1) is 18.6. The van der Waals surface area contributed by atoms with Crippen LogP contribution >= 0.6 is 0 Å². The smallest absolute Gasteiger partial charge is 0.261 e. The molecule has 0 saturated carbocycles. The quantitative estimate of drug-likeness (QED) is 0.454. The molecule has 124 valence electrons. The van der Waals surface area contributed by atoms with Crippen LogP contribution in [-0.2, 0) is 4.79 Å². The summed E-state index contributed by atoms with van der Waals surface area (Å²) >= 11 is 0. The lowest BCUT2D eigenvalue weighted by Crippen LogP contribution is -2.25. The molecule has 0 radical (unpaired) electrons. The van der Waals surface area contributed by atoms with Crippen molar-refractivity contribution in [2.45, 2.75) is 39.7 Å². The Morgan fingerprint density at radius 2 is 2.17 bits per heavy atom. The largest absolute Gasteiger partial charge is 0.493 e. The van der Waals surface area contributed by atoms with Crippen LogP contribution in [0.5, 0.6) is 11.5 Å². The Bertz CT molecular complexity index is 601. The average Bonchev–Trinajstić information content (AvgIpc) is 2.53. The van der Waals surface area contributed by atoms with Crippen molar-refractivity contribution in [2.24, 2.45) is 0 Å². The molecular weight excluding hydrogens is 292 g/mol. The summed E-state index contributed by atoms with van der Waals surface area (Å²) in [6, 6.07) is 7.31. The van der Waals surface area contributed by atoms with E-state index in [2.05, 4.69) is 5.32 Å². The summed E-state index contributed by atoms with van der Waals surface area (Å²) in [5.41, 5.74) is 0.684. The first-order valence-electron chi connectivity index (χ1n) is 7.77. The molecule has 0 heterocycles. The Labute approximate surface area is 137 Å². The third-order valence-corrected chi connectivity index (χ3v) is 3.06. The van der Waals surface area contributed by atoms with Crippen LogP contribution in [0.3, 0.4) is 0 Å². The van der Waals surface area contributed by atoms with Crippen LogP contribution in [0.4, 0.5) is 0 Å². The lowest BCUT2D eigenvalue weighted by Gasteiger charge is -2.16. The Morgan fingerprint density at radius 1 is 1.43 bits per heavy atom. The van der Waals surface area contributed by atoms with Gasteiger partial charge in [-0.05, 0) is 32.4 Å². The van der Waals surface area contributed by atoms with Gasteiger partial charge in [-0.25, -0.2) is 0 Å². The van der Waals surface area contributed by atoms with Crippen molar-refractivity contribution in [3.05, 3.63) is 29.3 Å². The molecule has 1 N–H and O–H groups in total. The topological polar surface area (TPSA) is 71.4 Å². The molecule has 0 saturated heterocycles. The Balaban J connectivity index is 3.12. The van der Waals surface area contributed by atoms with Gasteiger partial charge in [0.05, 0.1) is 13.2 Å². The van der Waals surface area contributed by atoms with Gasteiger partial charge in [-0.1, -0.05) is 25.5 Å². The molecule has 0 aliphatic carbocycles. The second-order valence-corrected chi connectivity index (χ2v) is 5.32. The maximum absolute atomic E-state index is 12.1. The van der Waals surface area contributed by atoms with Gasteiger partial charge in [0, 0.05) is 12.1 Å². The summed E-state index contributed by atoms with van der Waals surface area (Å²) in [6.07, 6.45) is 3.34. The molecule has 1 aromatic rings. The number of carbonyl (C=O) groups is 1. The van der Waals surface area contributed by atoms with Crippen LogP contribution in [0.2, 0.25) is 0 Å². The van der Waals surface area contributed by atoms with E-state index in [9.17, 15) is 10.1 Å². The number of amides is 1. The standard InChI is InChI=1S/C18H24N2O3/c1-5-6-10-20-18(21)15(12-19)11-14-8-7-9-16(22-4)17(14)23-13(2)3/h7-9,11,13H,5-6,10H2,1-4H3,(H,20,21)/b15-11+. The highest BCUT2D eigenvalue weighted by Crippen LogP contribution is 2.33. The van der Waals surface area contributed by atoms with Crippen molar-refractivity contribution in [1.29, 1.82) is 5.26 Å². The zero-order valence-corrected chi connectivity index (χ0v) is 14.2. The van der Waals surface area contributed by atoms with E-state index in [1.807, 2.05) is 26.8 Å². The maximum atomic E-state index is 12.1. The number of para-hydroxylation sites is 1. The lowest BCUT2D eigenvalue weighted by molar-refractivity contribution is -0.117. The fraction of sp³-hybridized carbons (Fsp3) is 0.444. The van der Waals surface area contributed by atoms with Gasteiger partial charge in [0.1, 0.15) is 11.6 Å². The van der Waals surface area contributed by atoms with Gasteiger partial charge in [0.15, 0.2) is 11.5 Å². The third-order valence-electron chi connectivity index (χ3n) is 3.06. The molecule has 0 aliphatic heterocycles. The minimum absolute atomic E-state index is 0.0444. The number of hydrogen-bond donors (Lipinski definition) is 1. The lowest BCUT2D eigenvalue weighted by atomic mass is 10.1. The van der Waals surface area contributed by atoms with E-state index in [0.29, 0.717) is 23.6 Å². The molecule has 0 atom stereocenters. The number of hydrogen-bond acceptors (Lipinski definition) is 4. The molecule has 0 unspecified atom stereocenters. The first-order chi connectivity index (χ1) is 11.0. The summed E-state index contributed by atoms with van der Waals surface area (Å²) in [7, 11) is 1.55. The second kappa shape index (κ2) is 9.52. The number of methoxy groups -OCH3 is 1. The number of rotatable bonds is 8. The van der Waals surface area contributed by atoms with Crippen LogP contribution in [0.1, 0.15) is 39.2 Å². The number of nitrogens with zero attached hydrogens (tertiary/aromatic N) is 1. The van der Waals surface area contributed by atoms with Crippen LogP contribution < -0.4 is 14.8 Å². The van der Waals surface area contributed by atoms with E-state index < -0.39 is 0 Å². The zero-order chi connectivity index (χ0) is 17.2. The molecule has 1 aromatic carbocycles. The van der Waals surface area contributed by atoms with Gasteiger partial charge in [-0.2, -0.15) is 5.26 Å². The Morgan fingerprint density at radius 3 is 2.74 bits per heavy atom. The molecule has 1 rings (SSSR count). The first-order valence-corrected chi connectivity index (χ1v) is 7.77. The van der Waals surface area contributed by atoms with E-state index in [1.165, 1.54) is 6.08 Å². The van der Waals surface area contributed by atoms with Crippen LogP contribution in [0, 0.1) is 11.3 Å². The van der Waals surface area contributed by atoms with Gasteiger partial charge in [-0.3, -0.25) is 4.79 Å². The highest BCUT2D eigenvalue weighted by Gasteiger charge is 2.14. The molecule has 0 fully saturated rings. The fourth-order valence-electron chi connectivity index (χ4n) is 1.95. The van der Waals surface area contributed by atoms with Gasteiger partial charge in [0.25, 0.3) is 5.91 Å². The van der Waals surface area contributed by atoms with Gasteiger partial charge in [-0.15, -0.1) is 0 Å². The Kier molecular flexibility index (Phi) is 7.69. The number of nitriles is 1. The number of carbonyl (C=O) groups excluding carboxylic acids is 1. The normalized spacial score (nSPS) is 11.0. The number of nitrogens with one attached hydrogen (secondary N) is 1. The molecule has 1 amide bonds. The zero-order valence-electron chi connectivity index (χ0n) is 14.2. The molecule has 0 bridgehead atoms. The summed E-state index contributed by atoms with van der Waals surface area (Å²) in [4.78, 5) is 12.1. The second-order valence-electron chi connectivity index (χ2n) is 5.32. The molecule has 5 heteroatoms. The highest BCUT2D eigenvalue weighted by molar-refractivity contribution is 6.02. The van der Waals surface area contributed by atoms with E-state index in [-0.39, 0.29) is 17.6 Å². The third kappa shape index (κ3) is 5.67. The van der Waals surface area contributed by atoms with E-state index in [4.69, 9.17) is 9.47 Å². The maximum Gasteiger partial charge on any atom is 0.261 e. The average molecular weight is 316 g/mol. The van der Waals surface area contributed by atoms with Gasteiger partial charge >= 0.3 is 0 Å². The predicted octanol–water partition coefficient (Wildman–Crippen LogP) is 3.31. The van der Waals surface area contributed by atoms with Crippen molar-refractivity contribution >= 4 is 12.0 Å². The van der Waals surface area contributed by atoms with Crippen molar-refractivity contribution < 1.29 is 14.3 Å². The molecule has 0 aliphatic rings. The van der Waals surface area contributed by atoms with Gasteiger partial charge < -0.3 is 14.8 Å². The minimum Gasteiger partial charge on any atom is -0.493 e. The van der Waals surface area contributed by atoms with E-state index >= 15 is 0 Å². The summed E-state index contributed by atoms with van der Waals surface area (Å²) in [5, 5.41) is 12.0. The summed E-state index contributed by atoms with van der Waals surface area (Å²) in [6.45, 7) is 6.41. The van der Waals surface area contributed by atoms with Crippen molar-refractivity contribution in [1.82, 2.24) is 5.32 Å². The van der Waals surface area contributed by atoms with E-state index in [0.717, 1.165) is 12.8 Å². The summed E-state index contributed by atoms with van der Waals surface area (Å²) in [5.74, 6) is 0.717. The monoisotopic (exact) mass is 316 g/mol. The van der Waals surface area contributed by atoms with Crippen molar-refractivity contribution in [3.63, 3.8) is 0 Å². The molecule has 23 heavy (non-hydrogen) atoms.